The van der Waals surface area contributed by atoms with E-state index in [-0.39, 0.29) is 6.42 Å². The van der Waals surface area contributed by atoms with Gasteiger partial charge in [-0.15, -0.1) is 0 Å². The van der Waals surface area contributed by atoms with E-state index in [0.717, 1.165) is 15.4 Å². The molecule has 1 aromatic heterocycles. The third kappa shape index (κ3) is 3.96. The number of ether oxygens (including phenoxy) is 2. The second-order valence-corrected chi connectivity index (χ2v) is 6.73. The minimum atomic E-state index is -0.537. The summed E-state index contributed by atoms with van der Waals surface area (Å²) in [6, 6.07) is 13.2. The molecule has 26 heavy (non-hydrogen) atoms. The Morgan fingerprint density at radius 1 is 1.15 bits per heavy atom. The Morgan fingerprint density at radius 2 is 1.88 bits per heavy atom. The van der Waals surface area contributed by atoms with Gasteiger partial charge < -0.3 is 13.9 Å². The number of benzene rings is 2. The Kier molecular flexibility index (Phi) is 5.42. The maximum Gasteiger partial charge on any atom is 0.340 e. The molecule has 0 fully saturated rings. The van der Waals surface area contributed by atoms with Crippen molar-refractivity contribution in [1.82, 2.24) is 0 Å². The molecule has 0 aliphatic heterocycles. The van der Waals surface area contributed by atoms with E-state index in [1.54, 1.807) is 13.0 Å². The molecule has 134 valence electrons. The molecule has 1 heterocycles. The minimum absolute atomic E-state index is 0.109. The summed E-state index contributed by atoms with van der Waals surface area (Å²) in [6.45, 7) is 2.20. The molecule has 6 heteroatoms. The fourth-order valence-corrected chi connectivity index (χ4v) is 2.90. The molecule has 0 aliphatic rings. The van der Waals surface area contributed by atoms with Crippen LogP contribution in [-0.4, -0.2) is 13.1 Å². The Balaban J connectivity index is 1.86. The zero-order valence-electron chi connectivity index (χ0n) is 14.4. The van der Waals surface area contributed by atoms with Crippen molar-refractivity contribution in [1.29, 1.82) is 0 Å². The van der Waals surface area contributed by atoms with Crippen LogP contribution >= 0.6 is 15.9 Å². The van der Waals surface area contributed by atoms with Crippen molar-refractivity contribution >= 4 is 32.9 Å². The highest BCUT2D eigenvalue weighted by molar-refractivity contribution is 9.10. The summed E-state index contributed by atoms with van der Waals surface area (Å²) in [5.74, 6) is 0.123. The molecule has 5 nitrogen and oxygen atoms in total. The number of fused-ring (bicyclic) bond motifs is 1. The van der Waals surface area contributed by atoms with E-state index in [9.17, 15) is 9.59 Å². The van der Waals surface area contributed by atoms with Crippen molar-refractivity contribution in [2.45, 2.75) is 20.0 Å². The van der Waals surface area contributed by atoms with Gasteiger partial charge in [-0.25, -0.2) is 4.79 Å². The number of carbonyl (C=O) groups excluding carboxylic acids is 1. The highest BCUT2D eigenvalue weighted by Crippen LogP contribution is 2.25. The van der Waals surface area contributed by atoms with Crippen LogP contribution in [0, 0.1) is 6.92 Å². The number of carbonyl (C=O) groups is 1. The molecule has 0 N–H and O–H groups in total. The van der Waals surface area contributed by atoms with Gasteiger partial charge in [-0.1, -0.05) is 28.1 Å². The number of methoxy groups -OCH3 is 1. The quantitative estimate of drug-likeness (QED) is 0.461. The molecule has 0 unspecified atom stereocenters. The van der Waals surface area contributed by atoms with Gasteiger partial charge in [-0.3, -0.25) is 4.79 Å². The summed E-state index contributed by atoms with van der Waals surface area (Å²) in [6.07, 6.45) is -0.109. The Hall–Kier alpha value is -2.60. The van der Waals surface area contributed by atoms with E-state index in [0.29, 0.717) is 29.1 Å². The highest BCUT2D eigenvalue weighted by Gasteiger charge is 2.15. The van der Waals surface area contributed by atoms with Crippen LogP contribution in [0.15, 0.2) is 56.1 Å². The molecule has 0 amide bonds. The van der Waals surface area contributed by atoms with E-state index in [1.165, 1.54) is 7.11 Å². The Morgan fingerprint density at radius 3 is 2.58 bits per heavy atom. The standard InChI is InChI=1S/C20H17BrO5/c1-12-16-8-7-15(25-11-13-3-5-14(21)6-4-13)9-18(16)26-20(23)17(12)10-19(22)24-2/h3-9H,10-11H2,1-2H3. The molecule has 0 radical (unpaired) electrons. The zero-order valence-corrected chi connectivity index (χ0v) is 16.0. The lowest BCUT2D eigenvalue weighted by Crippen LogP contribution is -2.16. The molecule has 0 saturated heterocycles. The van der Waals surface area contributed by atoms with Crippen molar-refractivity contribution in [3.63, 3.8) is 0 Å². The molecule has 2 aromatic carbocycles. The molecule has 3 rings (SSSR count). The first-order valence-electron chi connectivity index (χ1n) is 7.98. The van der Waals surface area contributed by atoms with Gasteiger partial charge in [0, 0.05) is 15.9 Å². The van der Waals surface area contributed by atoms with Crippen LogP contribution in [0.1, 0.15) is 16.7 Å². The number of halogens is 1. The number of aryl methyl sites for hydroxylation is 1. The third-order valence-electron chi connectivity index (χ3n) is 4.13. The van der Waals surface area contributed by atoms with Gasteiger partial charge in [0.05, 0.1) is 19.1 Å². The van der Waals surface area contributed by atoms with Crippen LogP contribution in [-0.2, 0) is 22.6 Å². The summed E-state index contributed by atoms with van der Waals surface area (Å²) in [5, 5.41) is 0.763. The molecule has 3 aromatic rings. The van der Waals surface area contributed by atoms with E-state index in [1.807, 2.05) is 36.4 Å². The fourth-order valence-electron chi connectivity index (χ4n) is 2.63. The lowest BCUT2D eigenvalue weighted by molar-refractivity contribution is -0.139. The molecule has 0 saturated carbocycles. The Labute approximate surface area is 158 Å². The predicted molar refractivity (Wildman–Crippen MR) is 101 cm³/mol. The maximum absolute atomic E-state index is 12.2. The summed E-state index contributed by atoms with van der Waals surface area (Å²) in [4.78, 5) is 23.7. The van der Waals surface area contributed by atoms with Crippen LogP contribution in [0.4, 0.5) is 0 Å². The van der Waals surface area contributed by atoms with E-state index >= 15 is 0 Å². The van der Waals surface area contributed by atoms with Crippen LogP contribution in [0.3, 0.4) is 0 Å². The topological polar surface area (TPSA) is 65.7 Å². The first-order chi connectivity index (χ1) is 12.5. The van der Waals surface area contributed by atoms with Crippen LogP contribution in [0.25, 0.3) is 11.0 Å². The van der Waals surface area contributed by atoms with Gasteiger partial charge in [0.2, 0.25) is 0 Å². The van der Waals surface area contributed by atoms with Crippen LogP contribution in [0.5, 0.6) is 5.75 Å². The number of hydrogen-bond donors (Lipinski definition) is 0. The van der Waals surface area contributed by atoms with Crippen molar-refractivity contribution in [3.05, 3.63) is 74.0 Å². The first kappa shape index (κ1) is 18.2. The second kappa shape index (κ2) is 7.74. The molecular weight excluding hydrogens is 400 g/mol. The molecular formula is C20H17BrO5. The SMILES string of the molecule is COC(=O)Cc1c(C)c2ccc(OCc3ccc(Br)cc3)cc2oc1=O. The van der Waals surface area contributed by atoms with Crippen molar-refractivity contribution in [2.75, 3.05) is 7.11 Å². The van der Waals surface area contributed by atoms with Gasteiger partial charge in [0.15, 0.2) is 0 Å². The van der Waals surface area contributed by atoms with Gasteiger partial charge >= 0.3 is 11.6 Å². The van der Waals surface area contributed by atoms with Gasteiger partial charge in [0.25, 0.3) is 0 Å². The average molecular weight is 417 g/mol. The summed E-state index contributed by atoms with van der Waals surface area (Å²) in [5.41, 5.74) is 1.94. The molecule has 0 bridgehead atoms. The number of rotatable bonds is 5. The lowest BCUT2D eigenvalue weighted by atomic mass is 10.0. The fraction of sp³-hybridized carbons (Fsp3) is 0.200. The van der Waals surface area contributed by atoms with Crippen LogP contribution < -0.4 is 10.4 Å². The van der Waals surface area contributed by atoms with Gasteiger partial charge in [0.1, 0.15) is 17.9 Å². The van der Waals surface area contributed by atoms with E-state index in [4.69, 9.17) is 9.15 Å². The van der Waals surface area contributed by atoms with Gasteiger partial charge in [-0.05, 0) is 42.3 Å². The van der Waals surface area contributed by atoms with E-state index in [2.05, 4.69) is 20.7 Å². The van der Waals surface area contributed by atoms with E-state index < -0.39 is 11.6 Å². The normalized spacial score (nSPS) is 10.7. The Bertz CT molecular complexity index is 1010. The third-order valence-corrected chi connectivity index (χ3v) is 4.66. The predicted octanol–water partition coefficient (Wildman–Crippen LogP) is 4.16. The molecule has 0 aliphatic carbocycles. The molecule has 0 atom stereocenters. The number of esters is 1. The van der Waals surface area contributed by atoms with Crippen molar-refractivity contribution in [2.24, 2.45) is 0 Å². The zero-order chi connectivity index (χ0) is 18.7. The lowest BCUT2D eigenvalue weighted by Gasteiger charge is -2.10. The largest absolute Gasteiger partial charge is 0.489 e. The highest BCUT2D eigenvalue weighted by atomic mass is 79.9. The second-order valence-electron chi connectivity index (χ2n) is 5.82. The average Bonchev–Trinajstić information content (AvgIpc) is 2.64. The smallest absolute Gasteiger partial charge is 0.340 e. The minimum Gasteiger partial charge on any atom is -0.489 e. The summed E-state index contributed by atoms with van der Waals surface area (Å²) < 4.78 is 16.8. The maximum atomic E-state index is 12.2. The monoisotopic (exact) mass is 416 g/mol. The number of hydrogen-bond acceptors (Lipinski definition) is 5. The van der Waals surface area contributed by atoms with Crippen molar-refractivity contribution < 1.29 is 18.7 Å². The molecule has 0 spiro atoms. The summed E-state index contributed by atoms with van der Waals surface area (Å²) >= 11 is 3.40. The van der Waals surface area contributed by atoms with Crippen LogP contribution in [0.2, 0.25) is 0 Å². The first-order valence-corrected chi connectivity index (χ1v) is 8.77. The van der Waals surface area contributed by atoms with Gasteiger partial charge in [-0.2, -0.15) is 0 Å². The summed E-state index contributed by atoms with van der Waals surface area (Å²) in [7, 11) is 1.29. The van der Waals surface area contributed by atoms with Crippen molar-refractivity contribution in [3.8, 4) is 5.75 Å².